The molecule has 0 radical (unpaired) electrons. The first-order valence-electron chi connectivity index (χ1n) is 5.86. The average molecular weight is 249 g/mol. The number of hydrogen-bond acceptors (Lipinski definition) is 5. The van der Waals surface area contributed by atoms with Crippen LogP contribution in [0.2, 0.25) is 0 Å². The van der Waals surface area contributed by atoms with E-state index < -0.39 is 0 Å². The molecule has 0 aliphatic heterocycles. The van der Waals surface area contributed by atoms with Gasteiger partial charge in [-0.3, -0.25) is 0 Å². The van der Waals surface area contributed by atoms with Crippen LogP contribution in [-0.4, -0.2) is 38.3 Å². The molecule has 90 valence electrons. The topological polar surface area (TPSA) is 66.5 Å². The highest BCUT2D eigenvalue weighted by Gasteiger charge is 2.27. The van der Waals surface area contributed by atoms with Gasteiger partial charge in [0.1, 0.15) is 16.9 Å². The molecule has 2 atom stereocenters. The van der Waals surface area contributed by atoms with Crippen LogP contribution in [0.25, 0.3) is 11.2 Å². The average Bonchev–Trinajstić information content (AvgIpc) is 2.97. The largest absolute Gasteiger partial charge is 0.341 e. The van der Waals surface area contributed by atoms with E-state index in [1.165, 1.54) is 19.3 Å². The number of hydrogen-bond donors (Lipinski definition) is 2. The molecule has 2 aromatic heterocycles. The molecule has 5 nitrogen and oxygen atoms in total. The third-order valence-corrected chi connectivity index (χ3v) is 4.67. The molecule has 0 aromatic carbocycles. The van der Waals surface area contributed by atoms with Crippen LogP contribution in [0.1, 0.15) is 19.3 Å². The Morgan fingerprint density at radius 2 is 2.29 bits per heavy atom. The van der Waals surface area contributed by atoms with Crippen molar-refractivity contribution in [1.82, 2.24) is 25.3 Å². The van der Waals surface area contributed by atoms with Crippen LogP contribution in [0.15, 0.2) is 17.7 Å². The van der Waals surface area contributed by atoms with Crippen molar-refractivity contribution >= 4 is 22.9 Å². The highest BCUT2D eigenvalue weighted by molar-refractivity contribution is 8.00. The molecule has 0 spiro atoms. The summed E-state index contributed by atoms with van der Waals surface area (Å²) in [5, 5.41) is 5.00. The summed E-state index contributed by atoms with van der Waals surface area (Å²) in [4.78, 5) is 15.8. The molecular formula is C11H15N5S. The Balaban J connectivity index is 1.87. The molecule has 2 heterocycles. The third kappa shape index (κ3) is 2.02. The smallest absolute Gasteiger partial charge is 0.181 e. The van der Waals surface area contributed by atoms with Crippen molar-refractivity contribution in [3.05, 3.63) is 12.7 Å². The number of nitrogens with zero attached hydrogens (tertiary/aromatic N) is 3. The van der Waals surface area contributed by atoms with Crippen LogP contribution in [0.4, 0.5) is 0 Å². The van der Waals surface area contributed by atoms with E-state index in [0.29, 0.717) is 11.3 Å². The summed E-state index contributed by atoms with van der Waals surface area (Å²) in [6.07, 6.45) is 7.06. The monoisotopic (exact) mass is 249 g/mol. The first-order valence-corrected chi connectivity index (χ1v) is 6.74. The fraction of sp³-hybridized carbons (Fsp3) is 0.545. The first-order chi connectivity index (χ1) is 8.38. The van der Waals surface area contributed by atoms with Gasteiger partial charge in [-0.1, -0.05) is 18.2 Å². The zero-order chi connectivity index (χ0) is 11.7. The lowest BCUT2D eigenvalue weighted by atomic mass is 10.2. The molecule has 1 fully saturated rings. The van der Waals surface area contributed by atoms with Crippen molar-refractivity contribution in [3.63, 3.8) is 0 Å². The number of fused-ring (bicyclic) bond motifs is 1. The molecule has 3 rings (SSSR count). The highest BCUT2D eigenvalue weighted by atomic mass is 32.2. The van der Waals surface area contributed by atoms with Crippen molar-refractivity contribution in [1.29, 1.82) is 0 Å². The minimum absolute atomic E-state index is 0.591. The van der Waals surface area contributed by atoms with E-state index in [9.17, 15) is 0 Å². The SMILES string of the molecule is CNC1CCCC1Sc1ncnc2nc[nH]c12. The molecule has 1 aliphatic carbocycles. The molecule has 0 saturated heterocycles. The normalized spacial score (nSPS) is 24.5. The Bertz CT molecular complexity index is 511. The van der Waals surface area contributed by atoms with Crippen molar-refractivity contribution < 1.29 is 0 Å². The summed E-state index contributed by atoms with van der Waals surface area (Å²) >= 11 is 1.83. The second kappa shape index (κ2) is 4.62. The zero-order valence-corrected chi connectivity index (χ0v) is 10.5. The van der Waals surface area contributed by atoms with Gasteiger partial charge < -0.3 is 10.3 Å². The molecule has 0 amide bonds. The van der Waals surface area contributed by atoms with Gasteiger partial charge in [0.05, 0.1) is 6.33 Å². The number of imidazole rings is 1. The van der Waals surface area contributed by atoms with E-state index in [-0.39, 0.29) is 0 Å². The zero-order valence-electron chi connectivity index (χ0n) is 9.68. The number of nitrogens with one attached hydrogen (secondary N) is 2. The lowest BCUT2D eigenvalue weighted by Crippen LogP contribution is -2.30. The molecule has 2 N–H and O–H groups in total. The van der Waals surface area contributed by atoms with E-state index in [1.54, 1.807) is 12.7 Å². The number of aromatic nitrogens is 4. The van der Waals surface area contributed by atoms with Gasteiger partial charge in [0.15, 0.2) is 5.65 Å². The van der Waals surface area contributed by atoms with Crippen molar-refractivity contribution in [2.75, 3.05) is 7.05 Å². The molecule has 1 saturated carbocycles. The van der Waals surface area contributed by atoms with Crippen molar-refractivity contribution in [2.24, 2.45) is 0 Å². The maximum atomic E-state index is 4.36. The summed E-state index contributed by atoms with van der Waals surface area (Å²) < 4.78 is 0. The number of thioether (sulfide) groups is 1. The van der Waals surface area contributed by atoms with Gasteiger partial charge in [0, 0.05) is 11.3 Å². The van der Waals surface area contributed by atoms with Crippen molar-refractivity contribution in [3.8, 4) is 0 Å². The van der Waals surface area contributed by atoms with Crippen LogP contribution in [0, 0.1) is 0 Å². The number of aromatic amines is 1. The molecule has 0 bridgehead atoms. The summed E-state index contributed by atoms with van der Waals surface area (Å²) in [5.74, 6) is 0. The molecule has 2 aromatic rings. The predicted octanol–water partition coefficient (Wildman–Crippen LogP) is 1.59. The van der Waals surface area contributed by atoms with Crippen LogP contribution >= 0.6 is 11.8 Å². The fourth-order valence-electron chi connectivity index (χ4n) is 2.37. The van der Waals surface area contributed by atoms with Crippen molar-refractivity contribution in [2.45, 2.75) is 35.6 Å². The minimum Gasteiger partial charge on any atom is -0.341 e. The van der Waals surface area contributed by atoms with E-state index in [0.717, 1.165) is 16.2 Å². The number of H-pyrrole nitrogens is 1. The Labute approximate surface area is 104 Å². The van der Waals surface area contributed by atoms with E-state index in [4.69, 9.17) is 0 Å². The van der Waals surface area contributed by atoms with Gasteiger partial charge in [-0.25, -0.2) is 15.0 Å². The van der Waals surface area contributed by atoms with Gasteiger partial charge in [0.25, 0.3) is 0 Å². The molecular weight excluding hydrogens is 234 g/mol. The third-order valence-electron chi connectivity index (χ3n) is 3.27. The highest BCUT2D eigenvalue weighted by Crippen LogP contribution is 2.35. The Hall–Kier alpha value is -1.14. The quantitative estimate of drug-likeness (QED) is 0.809. The summed E-state index contributed by atoms with van der Waals surface area (Å²) in [6.45, 7) is 0. The van der Waals surface area contributed by atoms with Crippen LogP contribution in [-0.2, 0) is 0 Å². The van der Waals surface area contributed by atoms with E-state index >= 15 is 0 Å². The molecule has 1 aliphatic rings. The second-order valence-corrected chi connectivity index (χ2v) is 5.49. The Morgan fingerprint density at radius 1 is 1.35 bits per heavy atom. The summed E-state index contributed by atoms with van der Waals surface area (Å²) in [7, 11) is 2.04. The fourth-order valence-corrected chi connectivity index (χ4v) is 3.76. The Kier molecular flexibility index (Phi) is 2.98. The lowest BCUT2D eigenvalue weighted by molar-refractivity contribution is 0.591. The van der Waals surface area contributed by atoms with Crippen LogP contribution in [0.5, 0.6) is 0 Å². The van der Waals surface area contributed by atoms with Gasteiger partial charge in [0.2, 0.25) is 0 Å². The predicted molar refractivity (Wildman–Crippen MR) is 68.0 cm³/mol. The summed E-state index contributed by atoms with van der Waals surface area (Å²) in [6, 6.07) is 0.591. The minimum atomic E-state index is 0.591. The van der Waals surface area contributed by atoms with Crippen LogP contribution < -0.4 is 5.32 Å². The lowest BCUT2D eigenvalue weighted by Gasteiger charge is -2.17. The standard InChI is InChI=1S/C11H15N5S/c1-12-7-3-2-4-8(7)17-11-9-10(14-5-13-9)15-6-16-11/h5-8,12H,2-4H2,1H3,(H,13,14,15,16). The molecule has 17 heavy (non-hydrogen) atoms. The van der Waals surface area contributed by atoms with E-state index in [1.807, 2.05) is 18.8 Å². The summed E-state index contributed by atoms with van der Waals surface area (Å²) in [5.41, 5.74) is 1.71. The van der Waals surface area contributed by atoms with Gasteiger partial charge in [-0.05, 0) is 19.9 Å². The van der Waals surface area contributed by atoms with Crippen LogP contribution in [0.3, 0.4) is 0 Å². The van der Waals surface area contributed by atoms with E-state index in [2.05, 4.69) is 25.3 Å². The second-order valence-electron chi connectivity index (χ2n) is 4.26. The van der Waals surface area contributed by atoms with Gasteiger partial charge >= 0.3 is 0 Å². The van der Waals surface area contributed by atoms with Gasteiger partial charge in [-0.2, -0.15) is 0 Å². The maximum absolute atomic E-state index is 4.36. The van der Waals surface area contributed by atoms with Gasteiger partial charge in [-0.15, -0.1) is 0 Å². The number of rotatable bonds is 3. The maximum Gasteiger partial charge on any atom is 0.181 e. The Morgan fingerprint density at radius 3 is 3.18 bits per heavy atom. The molecule has 2 unspecified atom stereocenters. The first kappa shape index (κ1) is 11.0. The molecule has 6 heteroatoms.